The molecule has 0 aliphatic heterocycles. The van der Waals surface area contributed by atoms with Crippen LogP contribution in [-0.4, -0.2) is 61.2 Å². The van der Waals surface area contributed by atoms with Crippen molar-refractivity contribution in [2.45, 2.75) is 71.4 Å². The Labute approximate surface area is 313 Å². The second-order valence-electron chi connectivity index (χ2n) is 14.3. The molecule has 0 fully saturated rings. The molecule has 1 unspecified atom stereocenters. The zero-order valence-corrected chi connectivity index (χ0v) is 31.3. The molecule has 0 saturated carbocycles. The minimum Gasteiger partial charge on any atom is -0.488 e. The maximum absolute atomic E-state index is 14.8. The van der Waals surface area contributed by atoms with E-state index in [-0.39, 0.29) is 37.0 Å². The molecule has 2 amide bonds. The number of carbonyl (C=O) groups excluding carboxylic acids is 2. The smallest absolute Gasteiger partial charge is 0.407 e. The van der Waals surface area contributed by atoms with Gasteiger partial charge in [-0.15, -0.1) is 0 Å². The Hall–Kier alpha value is -5.18. The van der Waals surface area contributed by atoms with Crippen molar-refractivity contribution in [1.82, 2.24) is 10.2 Å². The van der Waals surface area contributed by atoms with Crippen LogP contribution in [-0.2, 0) is 32.0 Å². The van der Waals surface area contributed by atoms with Gasteiger partial charge >= 0.3 is 6.09 Å². The zero-order chi connectivity index (χ0) is 37.4. The predicted molar refractivity (Wildman–Crippen MR) is 209 cm³/mol. The van der Waals surface area contributed by atoms with Crippen LogP contribution in [0, 0.1) is 0 Å². The number of alkyl carbamates (subject to hydrolysis) is 1. The average molecular weight is 715 g/mol. The van der Waals surface area contributed by atoms with Crippen molar-refractivity contribution < 1.29 is 28.5 Å². The van der Waals surface area contributed by atoms with Gasteiger partial charge in [0.15, 0.2) is 6.29 Å². The van der Waals surface area contributed by atoms with Gasteiger partial charge in [0.1, 0.15) is 24.0 Å². The molecular formula is C45H50N2O6. The summed E-state index contributed by atoms with van der Waals surface area (Å²) in [6.07, 6.45) is -1.06. The maximum atomic E-state index is 14.8. The summed E-state index contributed by atoms with van der Waals surface area (Å²) >= 11 is 0. The van der Waals surface area contributed by atoms with Crippen LogP contribution in [0.5, 0.6) is 5.75 Å². The topological polar surface area (TPSA) is 86.3 Å². The lowest BCUT2D eigenvalue weighted by molar-refractivity contribution is -0.160. The first-order valence-electron chi connectivity index (χ1n) is 18.5. The Morgan fingerprint density at radius 1 is 0.736 bits per heavy atom. The number of nitrogens with zero attached hydrogens (tertiary/aromatic N) is 1. The molecule has 53 heavy (non-hydrogen) atoms. The molecule has 276 valence electrons. The van der Waals surface area contributed by atoms with E-state index in [4.69, 9.17) is 18.9 Å². The summed E-state index contributed by atoms with van der Waals surface area (Å²) in [5.74, 6) is 0.342. The summed E-state index contributed by atoms with van der Waals surface area (Å²) in [6.45, 7) is 11.2. The summed E-state index contributed by atoms with van der Waals surface area (Å²) < 4.78 is 23.8. The molecule has 0 heterocycles. The summed E-state index contributed by atoms with van der Waals surface area (Å²) in [5.41, 5.74) is 5.98. The summed E-state index contributed by atoms with van der Waals surface area (Å²) in [7, 11) is 0. The lowest BCUT2D eigenvalue weighted by atomic mass is 9.98. The molecule has 1 atom stereocenters. The van der Waals surface area contributed by atoms with Gasteiger partial charge in [-0.05, 0) is 97.0 Å². The van der Waals surface area contributed by atoms with E-state index in [1.165, 1.54) is 0 Å². The van der Waals surface area contributed by atoms with Crippen LogP contribution < -0.4 is 10.1 Å². The summed E-state index contributed by atoms with van der Waals surface area (Å²) in [6, 6.07) is 37.4. The van der Waals surface area contributed by atoms with Crippen LogP contribution >= 0.6 is 0 Å². The number of ether oxygens (including phenoxy) is 4. The third-order valence-corrected chi connectivity index (χ3v) is 9.29. The van der Waals surface area contributed by atoms with E-state index >= 15 is 0 Å². The molecule has 1 N–H and O–H groups in total. The maximum Gasteiger partial charge on any atom is 0.407 e. The van der Waals surface area contributed by atoms with Gasteiger partial charge in [0.05, 0.1) is 6.54 Å². The van der Waals surface area contributed by atoms with E-state index in [1.54, 1.807) is 4.90 Å². The second-order valence-corrected chi connectivity index (χ2v) is 14.3. The SMILES string of the molecule is CCOC(CN(Cc1ccc2ccccc2c1)C(=O)C(Cc1ccc(OC(C)(C)C)cc1)NC(=O)OCC1c2ccccc2-c2ccccc21)OCC. The second kappa shape index (κ2) is 17.1. The number of fused-ring (bicyclic) bond motifs is 4. The highest BCUT2D eigenvalue weighted by atomic mass is 16.7. The summed E-state index contributed by atoms with van der Waals surface area (Å²) in [5, 5.41) is 5.15. The first kappa shape index (κ1) is 37.6. The van der Waals surface area contributed by atoms with Gasteiger partial charge in [0.2, 0.25) is 5.91 Å². The minimum atomic E-state index is -0.940. The third kappa shape index (κ3) is 9.63. The Morgan fingerprint density at radius 3 is 1.94 bits per heavy atom. The normalized spacial score (nSPS) is 13.0. The monoisotopic (exact) mass is 714 g/mol. The van der Waals surface area contributed by atoms with E-state index in [0.29, 0.717) is 19.8 Å². The molecule has 5 aromatic carbocycles. The van der Waals surface area contributed by atoms with Crippen molar-refractivity contribution in [3.05, 3.63) is 138 Å². The van der Waals surface area contributed by atoms with Gasteiger partial charge in [0.25, 0.3) is 0 Å². The molecule has 8 heteroatoms. The Balaban J connectivity index is 1.26. The first-order chi connectivity index (χ1) is 25.6. The van der Waals surface area contributed by atoms with Crippen LogP contribution in [0.15, 0.2) is 115 Å². The van der Waals surface area contributed by atoms with Crippen molar-refractivity contribution >= 4 is 22.8 Å². The van der Waals surface area contributed by atoms with E-state index in [2.05, 4.69) is 53.8 Å². The van der Waals surface area contributed by atoms with E-state index in [9.17, 15) is 9.59 Å². The van der Waals surface area contributed by atoms with Crippen molar-refractivity contribution in [2.24, 2.45) is 0 Å². The number of hydrogen-bond acceptors (Lipinski definition) is 6. The fourth-order valence-corrected chi connectivity index (χ4v) is 6.98. The van der Waals surface area contributed by atoms with E-state index in [1.807, 2.05) is 101 Å². The molecule has 1 aliphatic carbocycles. The molecule has 0 aromatic heterocycles. The van der Waals surface area contributed by atoms with E-state index in [0.717, 1.165) is 49.9 Å². The van der Waals surface area contributed by atoms with Crippen LogP contribution in [0.1, 0.15) is 62.8 Å². The van der Waals surface area contributed by atoms with Crippen LogP contribution in [0.4, 0.5) is 4.79 Å². The van der Waals surface area contributed by atoms with Gasteiger partial charge in [-0.25, -0.2) is 4.79 Å². The van der Waals surface area contributed by atoms with Crippen LogP contribution in [0.2, 0.25) is 0 Å². The minimum absolute atomic E-state index is 0.111. The fourth-order valence-electron chi connectivity index (χ4n) is 6.98. The Bertz CT molecular complexity index is 1950. The van der Waals surface area contributed by atoms with E-state index < -0.39 is 18.4 Å². The van der Waals surface area contributed by atoms with Crippen molar-refractivity contribution in [2.75, 3.05) is 26.4 Å². The lowest BCUT2D eigenvalue weighted by Crippen LogP contribution is -2.51. The fraction of sp³-hybridized carbons (Fsp3) is 0.333. The van der Waals surface area contributed by atoms with Crippen molar-refractivity contribution in [3.63, 3.8) is 0 Å². The molecule has 0 radical (unpaired) electrons. The number of nitrogens with one attached hydrogen (secondary N) is 1. The van der Waals surface area contributed by atoms with Gasteiger partial charge in [-0.2, -0.15) is 0 Å². The summed E-state index contributed by atoms with van der Waals surface area (Å²) in [4.78, 5) is 30.2. The molecule has 1 aliphatic rings. The number of rotatable bonds is 15. The van der Waals surface area contributed by atoms with Crippen LogP contribution in [0.25, 0.3) is 21.9 Å². The molecule has 6 rings (SSSR count). The standard InChI is InChI=1S/C45H50N2O6/c1-6-50-42(51-7-2)29-47(28-32-20-23-33-14-8-9-15-34(33)26-32)43(48)41(27-31-21-24-35(25-22-31)53-45(3,4)5)46-44(49)52-30-40-38-18-12-10-16-36(38)37-17-11-13-19-39(37)40/h8-26,40-42H,6-7,27-30H2,1-5H3,(H,46,49). The molecular weight excluding hydrogens is 665 g/mol. The highest BCUT2D eigenvalue weighted by Crippen LogP contribution is 2.44. The van der Waals surface area contributed by atoms with Crippen molar-refractivity contribution in [3.8, 4) is 16.9 Å². The van der Waals surface area contributed by atoms with Gasteiger partial charge in [0, 0.05) is 32.1 Å². The molecule has 0 bridgehead atoms. The average Bonchev–Trinajstić information content (AvgIpc) is 3.47. The highest BCUT2D eigenvalue weighted by Gasteiger charge is 2.32. The number of benzene rings is 5. The highest BCUT2D eigenvalue weighted by molar-refractivity contribution is 5.87. The largest absolute Gasteiger partial charge is 0.488 e. The third-order valence-electron chi connectivity index (χ3n) is 9.29. The van der Waals surface area contributed by atoms with Crippen molar-refractivity contribution in [1.29, 1.82) is 0 Å². The van der Waals surface area contributed by atoms with Gasteiger partial charge < -0.3 is 29.2 Å². The predicted octanol–water partition coefficient (Wildman–Crippen LogP) is 8.89. The van der Waals surface area contributed by atoms with Gasteiger partial charge in [-0.1, -0.05) is 97.1 Å². The first-order valence-corrected chi connectivity index (χ1v) is 18.5. The number of hydrogen-bond donors (Lipinski definition) is 1. The lowest BCUT2D eigenvalue weighted by Gasteiger charge is -2.31. The molecule has 0 saturated heterocycles. The number of amides is 2. The quantitative estimate of drug-likeness (QED) is 0.109. The molecule has 5 aromatic rings. The Morgan fingerprint density at radius 2 is 1.32 bits per heavy atom. The molecule has 8 nitrogen and oxygen atoms in total. The number of carbonyl (C=O) groups is 2. The van der Waals surface area contributed by atoms with Gasteiger partial charge in [-0.3, -0.25) is 4.79 Å². The molecule has 0 spiro atoms. The van der Waals surface area contributed by atoms with Crippen LogP contribution in [0.3, 0.4) is 0 Å². The Kier molecular flexibility index (Phi) is 12.1. The zero-order valence-electron chi connectivity index (χ0n) is 31.3.